The molecule has 0 amide bonds. The number of esters is 1. The first kappa shape index (κ1) is 17.0. The van der Waals surface area contributed by atoms with E-state index in [1.807, 2.05) is 67.6 Å². The summed E-state index contributed by atoms with van der Waals surface area (Å²) < 4.78 is 11.3. The highest BCUT2D eigenvalue weighted by Crippen LogP contribution is 2.25. The molecule has 27 heavy (non-hydrogen) atoms. The summed E-state index contributed by atoms with van der Waals surface area (Å²) in [7, 11) is 0. The summed E-state index contributed by atoms with van der Waals surface area (Å²) in [5.74, 6) is 0.242. The van der Waals surface area contributed by atoms with Gasteiger partial charge < -0.3 is 9.15 Å². The Balaban J connectivity index is 1.54. The lowest BCUT2D eigenvalue weighted by atomic mass is 10.0. The fraction of sp³-hybridized carbons (Fsp3) is 0.136. The van der Waals surface area contributed by atoms with E-state index in [1.165, 1.54) is 0 Å². The van der Waals surface area contributed by atoms with E-state index in [0.717, 1.165) is 21.9 Å². The Labute approximate surface area is 156 Å². The molecule has 0 spiro atoms. The summed E-state index contributed by atoms with van der Waals surface area (Å²) in [5.41, 5.74) is 2.49. The van der Waals surface area contributed by atoms with Crippen LogP contribution in [-0.4, -0.2) is 16.2 Å². The van der Waals surface area contributed by atoms with E-state index in [4.69, 9.17) is 9.15 Å². The van der Waals surface area contributed by atoms with Gasteiger partial charge in [-0.2, -0.15) is 0 Å². The third kappa shape index (κ3) is 3.44. The summed E-state index contributed by atoms with van der Waals surface area (Å²) in [6.07, 6.45) is -0.650. The van der Waals surface area contributed by atoms with Crippen LogP contribution >= 0.6 is 0 Å². The lowest BCUT2D eigenvalue weighted by Crippen LogP contribution is -2.10. The number of carbonyl (C=O) groups excluding carboxylic acids is 1. The van der Waals surface area contributed by atoms with Crippen molar-refractivity contribution in [2.24, 2.45) is 0 Å². The SMILES string of the molecule is Cc1ccc(-c2nnc([C@@H](C)OC(=O)c3cccc4ccccc34)o2)cc1. The van der Waals surface area contributed by atoms with Crippen molar-refractivity contribution in [3.63, 3.8) is 0 Å². The molecule has 0 N–H and O–H groups in total. The van der Waals surface area contributed by atoms with Gasteiger partial charge in [-0.1, -0.05) is 54.1 Å². The molecule has 0 radical (unpaired) electrons. The highest BCUT2D eigenvalue weighted by molar-refractivity contribution is 6.04. The molecule has 4 rings (SSSR count). The standard InChI is InChI=1S/C22H18N2O3/c1-14-10-12-17(13-11-14)21-24-23-20(27-21)15(2)26-22(25)19-9-5-7-16-6-3-4-8-18(16)19/h3-13,15H,1-2H3/t15-/m1/s1. The maximum absolute atomic E-state index is 12.6. The Hall–Kier alpha value is -3.47. The molecule has 5 heteroatoms. The summed E-state index contributed by atoms with van der Waals surface area (Å²) in [5, 5.41) is 9.92. The van der Waals surface area contributed by atoms with Crippen molar-refractivity contribution in [3.05, 3.63) is 83.7 Å². The molecule has 0 aliphatic heterocycles. The number of aromatic nitrogens is 2. The van der Waals surface area contributed by atoms with Crippen molar-refractivity contribution in [1.82, 2.24) is 10.2 Å². The van der Waals surface area contributed by atoms with Crippen molar-refractivity contribution < 1.29 is 13.9 Å². The van der Waals surface area contributed by atoms with Crippen LogP contribution in [0.3, 0.4) is 0 Å². The molecule has 4 aromatic rings. The molecule has 0 saturated carbocycles. The number of hydrogen-bond acceptors (Lipinski definition) is 5. The van der Waals surface area contributed by atoms with Crippen LogP contribution in [-0.2, 0) is 4.74 Å². The fourth-order valence-electron chi connectivity index (χ4n) is 2.89. The van der Waals surface area contributed by atoms with Crippen molar-refractivity contribution in [3.8, 4) is 11.5 Å². The van der Waals surface area contributed by atoms with Crippen LogP contribution in [0.2, 0.25) is 0 Å². The highest BCUT2D eigenvalue weighted by atomic mass is 16.6. The van der Waals surface area contributed by atoms with Gasteiger partial charge in [0.25, 0.3) is 5.89 Å². The summed E-state index contributed by atoms with van der Waals surface area (Å²) >= 11 is 0. The predicted octanol–water partition coefficient (Wildman–Crippen LogP) is 5.12. The number of hydrogen-bond donors (Lipinski definition) is 0. The second-order valence-electron chi connectivity index (χ2n) is 6.39. The Kier molecular flexibility index (Phi) is 4.42. The number of ether oxygens (including phenoxy) is 1. The Morgan fingerprint density at radius 3 is 2.52 bits per heavy atom. The van der Waals surface area contributed by atoms with E-state index in [0.29, 0.717) is 11.5 Å². The van der Waals surface area contributed by atoms with Crippen LogP contribution in [0, 0.1) is 6.92 Å². The molecule has 0 saturated heterocycles. The summed E-state index contributed by atoms with van der Waals surface area (Å²) in [4.78, 5) is 12.6. The largest absolute Gasteiger partial charge is 0.449 e. The molecule has 1 aromatic heterocycles. The minimum absolute atomic E-state index is 0.263. The molecule has 0 bridgehead atoms. The Morgan fingerprint density at radius 2 is 1.70 bits per heavy atom. The molecular formula is C22H18N2O3. The molecule has 3 aromatic carbocycles. The van der Waals surface area contributed by atoms with Crippen LogP contribution < -0.4 is 0 Å². The van der Waals surface area contributed by atoms with Gasteiger partial charge >= 0.3 is 5.97 Å². The zero-order valence-corrected chi connectivity index (χ0v) is 15.0. The quantitative estimate of drug-likeness (QED) is 0.474. The number of benzene rings is 3. The first-order valence-electron chi connectivity index (χ1n) is 8.71. The molecule has 1 heterocycles. The topological polar surface area (TPSA) is 65.2 Å². The average molecular weight is 358 g/mol. The summed E-state index contributed by atoms with van der Waals surface area (Å²) in [6.45, 7) is 3.73. The molecule has 0 unspecified atom stereocenters. The van der Waals surface area contributed by atoms with E-state index in [9.17, 15) is 4.79 Å². The van der Waals surface area contributed by atoms with Crippen molar-refractivity contribution in [2.45, 2.75) is 20.0 Å². The van der Waals surface area contributed by atoms with Gasteiger partial charge in [-0.05, 0) is 42.8 Å². The van der Waals surface area contributed by atoms with Gasteiger partial charge in [0.2, 0.25) is 5.89 Å². The third-order valence-corrected chi connectivity index (χ3v) is 4.38. The smallest absolute Gasteiger partial charge is 0.339 e. The molecule has 0 fully saturated rings. The Bertz CT molecular complexity index is 1090. The zero-order valence-electron chi connectivity index (χ0n) is 15.0. The highest BCUT2D eigenvalue weighted by Gasteiger charge is 2.21. The second kappa shape index (κ2) is 7.03. The third-order valence-electron chi connectivity index (χ3n) is 4.38. The van der Waals surface area contributed by atoms with Crippen LogP contribution in [0.25, 0.3) is 22.2 Å². The minimum Gasteiger partial charge on any atom is -0.449 e. The first-order valence-corrected chi connectivity index (χ1v) is 8.71. The van der Waals surface area contributed by atoms with Crippen molar-refractivity contribution in [1.29, 1.82) is 0 Å². The van der Waals surface area contributed by atoms with E-state index >= 15 is 0 Å². The molecule has 1 atom stereocenters. The van der Waals surface area contributed by atoms with E-state index in [2.05, 4.69) is 10.2 Å². The van der Waals surface area contributed by atoms with E-state index < -0.39 is 12.1 Å². The molecule has 5 nitrogen and oxygen atoms in total. The number of nitrogens with zero attached hydrogens (tertiary/aromatic N) is 2. The van der Waals surface area contributed by atoms with Gasteiger partial charge in [-0.25, -0.2) is 4.79 Å². The first-order chi connectivity index (χ1) is 13.1. The number of fused-ring (bicyclic) bond motifs is 1. The number of rotatable bonds is 4. The van der Waals surface area contributed by atoms with E-state index in [1.54, 1.807) is 13.0 Å². The predicted molar refractivity (Wildman–Crippen MR) is 102 cm³/mol. The van der Waals surface area contributed by atoms with Crippen LogP contribution in [0.1, 0.15) is 34.8 Å². The fourth-order valence-corrected chi connectivity index (χ4v) is 2.89. The maximum Gasteiger partial charge on any atom is 0.339 e. The minimum atomic E-state index is -0.650. The Morgan fingerprint density at radius 1 is 0.963 bits per heavy atom. The van der Waals surface area contributed by atoms with Gasteiger partial charge in [-0.15, -0.1) is 10.2 Å². The average Bonchev–Trinajstić information content (AvgIpc) is 3.18. The van der Waals surface area contributed by atoms with Gasteiger partial charge in [0.1, 0.15) is 0 Å². The van der Waals surface area contributed by atoms with Crippen LogP contribution in [0.4, 0.5) is 0 Å². The number of carbonyl (C=O) groups is 1. The second-order valence-corrected chi connectivity index (χ2v) is 6.39. The van der Waals surface area contributed by atoms with E-state index in [-0.39, 0.29) is 5.89 Å². The molecule has 134 valence electrons. The summed E-state index contributed by atoms with van der Waals surface area (Å²) in [6, 6.07) is 21.0. The van der Waals surface area contributed by atoms with Crippen LogP contribution in [0.15, 0.2) is 71.1 Å². The molecular weight excluding hydrogens is 340 g/mol. The normalized spacial score (nSPS) is 12.1. The lowest BCUT2D eigenvalue weighted by Gasteiger charge is -2.11. The van der Waals surface area contributed by atoms with Crippen molar-refractivity contribution in [2.75, 3.05) is 0 Å². The number of aryl methyl sites for hydroxylation is 1. The van der Waals surface area contributed by atoms with Crippen molar-refractivity contribution >= 4 is 16.7 Å². The maximum atomic E-state index is 12.6. The van der Waals surface area contributed by atoms with Gasteiger partial charge in [0.15, 0.2) is 6.10 Å². The van der Waals surface area contributed by atoms with Gasteiger partial charge in [0, 0.05) is 5.56 Å². The van der Waals surface area contributed by atoms with Gasteiger partial charge in [-0.3, -0.25) is 0 Å². The van der Waals surface area contributed by atoms with Crippen LogP contribution in [0.5, 0.6) is 0 Å². The molecule has 0 aliphatic carbocycles. The lowest BCUT2D eigenvalue weighted by molar-refractivity contribution is 0.0282. The van der Waals surface area contributed by atoms with Gasteiger partial charge in [0.05, 0.1) is 5.56 Å². The monoisotopic (exact) mass is 358 g/mol. The zero-order chi connectivity index (χ0) is 18.8. The molecule has 0 aliphatic rings.